The summed E-state index contributed by atoms with van der Waals surface area (Å²) >= 11 is 6.33. The summed E-state index contributed by atoms with van der Waals surface area (Å²) < 4.78 is 2.32. The van der Waals surface area contributed by atoms with Gasteiger partial charge < -0.3 is 15.4 Å². The van der Waals surface area contributed by atoms with Crippen LogP contribution in [0.1, 0.15) is 41.5 Å². The van der Waals surface area contributed by atoms with E-state index in [1.54, 1.807) is 6.92 Å². The van der Waals surface area contributed by atoms with Crippen LogP contribution in [0.2, 0.25) is 5.02 Å². The van der Waals surface area contributed by atoms with Crippen LogP contribution in [0, 0.1) is 0 Å². The zero-order valence-corrected chi connectivity index (χ0v) is 17.2. The fraction of sp³-hybridized carbons (Fsp3) is 0.200. The van der Waals surface area contributed by atoms with E-state index in [2.05, 4.69) is 53.1 Å². The van der Waals surface area contributed by atoms with E-state index in [1.807, 2.05) is 30.3 Å². The highest BCUT2D eigenvalue weighted by Gasteiger charge is 2.26. The highest BCUT2D eigenvalue weighted by Crippen LogP contribution is 2.39. The van der Waals surface area contributed by atoms with Crippen molar-refractivity contribution in [1.82, 2.24) is 4.57 Å². The first kappa shape index (κ1) is 19.7. The van der Waals surface area contributed by atoms with Gasteiger partial charge >= 0.3 is 0 Å². The fourth-order valence-corrected chi connectivity index (χ4v) is 4.45. The molecule has 0 aliphatic heterocycles. The molecule has 1 atom stereocenters. The molecule has 148 valence electrons. The molecule has 29 heavy (non-hydrogen) atoms. The summed E-state index contributed by atoms with van der Waals surface area (Å²) in [6, 6.07) is 26.8. The molecular formula is C25H25ClN2O. The number of benzene rings is 3. The third-order valence-electron chi connectivity index (χ3n) is 5.40. The zero-order valence-electron chi connectivity index (χ0n) is 16.4. The Morgan fingerprint density at radius 2 is 1.52 bits per heavy atom. The second-order valence-electron chi connectivity index (χ2n) is 7.33. The van der Waals surface area contributed by atoms with Gasteiger partial charge in [-0.2, -0.15) is 0 Å². The molecule has 0 aliphatic carbocycles. The van der Waals surface area contributed by atoms with Crippen LogP contribution in [-0.4, -0.2) is 16.2 Å². The molecule has 0 aliphatic rings. The topological polar surface area (TPSA) is 51.2 Å². The minimum Gasteiger partial charge on any atom is -0.389 e. The summed E-state index contributed by atoms with van der Waals surface area (Å²) in [6.07, 6.45) is 0.0499. The van der Waals surface area contributed by atoms with Crippen molar-refractivity contribution in [2.24, 2.45) is 5.73 Å². The van der Waals surface area contributed by atoms with Crippen LogP contribution in [0.25, 0.3) is 10.9 Å². The van der Waals surface area contributed by atoms with Crippen molar-refractivity contribution in [2.75, 3.05) is 6.54 Å². The predicted octanol–water partition coefficient (Wildman–Crippen LogP) is 5.49. The minimum atomic E-state index is -0.619. The Hall–Kier alpha value is -2.59. The van der Waals surface area contributed by atoms with Gasteiger partial charge in [-0.25, -0.2) is 0 Å². The van der Waals surface area contributed by atoms with E-state index in [9.17, 15) is 5.11 Å². The Bertz CT molecular complexity index is 1060. The lowest BCUT2D eigenvalue weighted by Crippen LogP contribution is -2.18. The number of halogens is 1. The molecule has 3 aromatic carbocycles. The van der Waals surface area contributed by atoms with Crippen molar-refractivity contribution >= 4 is 22.5 Å². The van der Waals surface area contributed by atoms with E-state index in [0.29, 0.717) is 18.0 Å². The van der Waals surface area contributed by atoms with Gasteiger partial charge in [-0.15, -0.1) is 0 Å². The average Bonchev–Trinajstić information content (AvgIpc) is 3.03. The van der Waals surface area contributed by atoms with Gasteiger partial charge in [0.25, 0.3) is 0 Å². The second kappa shape index (κ2) is 8.42. The number of aliphatic hydroxyl groups excluding tert-OH is 1. The van der Waals surface area contributed by atoms with Gasteiger partial charge in [-0.05, 0) is 42.8 Å². The molecule has 0 saturated heterocycles. The number of aromatic nitrogens is 1. The molecule has 0 saturated carbocycles. The van der Waals surface area contributed by atoms with E-state index >= 15 is 0 Å². The second-order valence-corrected chi connectivity index (χ2v) is 7.77. The van der Waals surface area contributed by atoms with Gasteiger partial charge in [0.2, 0.25) is 0 Å². The Balaban J connectivity index is 2.10. The van der Waals surface area contributed by atoms with Crippen LogP contribution in [0.4, 0.5) is 0 Å². The van der Waals surface area contributed by atoms with E-state index < -0.39 is 6.10 Å². The van der Waals surface area contributed by atoms with Gasteiger partial charge in [0.1, 0.15) is 0 Å². The first-order chi connectivity index (χ1) is 14.1. The van der Waals surface area contributed by atoms with Crippen molar-refractivity contribution in [3.05, 3.63) is 106 Å². The maximum Gasteiger partial charge on any atom is 0.0842 e. The lowest BCUT2D eigenvalue weighted by atomic mass is 9.97. The lowest BCUT2D eigenvalue weighted by Gasteiger charge is -2.25. The summed E-state index contributed by atoms with van der Waals surface area (Å²) in [5, 5.41) is 12.3. The molecule has 4 aromatic rings. The predicted molar refractivity (Wildman–Crippen MR) is 120 cm³/mol. The van der Waals surface area contributed by atoms with Crippen molar-refractivity contribution in [3.63, 3.8) is 0 Å². The Morgan fingerprint density at radius 1 is 0.931 bits per heavy atom. The van der Waals surface area contributed by atoms with Crippen LogP contribution in [0.3, 0.4) is 0 Å². The molecule has 0 amide bonds. The van der Waals surface area contributed by atoms with Gasteiger partial charge in [-0.1, -0.05) is 72.3 Å². The van der Waals surface area contributed by atoms with Gasteiger partial charge in [0.05, 0.1) is 12.1 Å². The van der Waals surface area contributed by atoms with E-state index in [-0.39, 0.29) is 6.04 Å². The third kappa shape index (κ3) is 3.69. The quantitative estimate of drug-likeness (QED) is 0.446. The number of fused-ring (bicyclic) bond motifs is 1. The largest absolute Gasteiger partial charge is 0.389 e. The van der Waals surface area contributed by atoms with E-state index in [4.69, 9.17) is 17.3 Å². The Labute approximate surface area is 176 Å². The fourth-order valence-electron chi connectivity index (χ4n) is 4.28. The number of nitrogens with zero attached hydrogens (tertiary/aromatic N) is 1. The van der Waals surface area contributed by atoms with E-state index in [1.165, 1.54) is 11.1 Å². The van der Waals surface area contributed by atoms with Crippen LogP contribution in [-0.2, 0) is 6.42 Å². The molecule has 0 bridgehead atoms. The maximum absolute atomic E-state index is 10.7. The Kier molecular flexibility index (Phi) is 5.72. The molecule has 0 radical (unpaired) electrons. The molecule has 4 rings (SSSR count). The SMILES string of the molecule is CC(O)c1c(CCN)n(C(c2ccccc2)c2ccccc2)c2ccc(Cl)cc12. The van der Waals surface area contributed by atoms with Gasteiger partial charge in [0, 0.05) is 33.6 Å². The van der Waals surface area contributed by atoms with E-state index in [0.717, 1.165) is 22.2 Å². The molecule has 1 unspecified atom stereocenters. The molecular weight excluding hydrogens is 380 g/mol. The van der Waals surface area contributed by atoms with Crippen molar-refractivity contribution in [3.8, 4) is 0 Å². The molecule has 1 aromatic heterocycles. The van der Waals surface area contributed by atoms with Crippen molar-refractivity contribution in [2.45, 2.75) is 25.5 Å². The molecule has 0 spiro atoms. The van der Waals surface area contributed by atoms with Crippen LogP contribution < -0.4 is 5.73 Å². The average molecular weight is 405 g/mol. The highest BCUT2D eigenvalue weighted by atomic mass is 35.5. The number of aliphatic hydroxyl groups is 1. The normalized spacial score (nSPS) is 12.6. The maximum atomic E-state index is 10.7. The van der Waals surface area contributed by atoms with Gasteiger partial charge in [0.15, 0.2) is 0 Å². The third-order valence-corrected chi connectivity index (χ3v) is 5.63. The van der Waals surface area contributed by atoms with Crippen molar-refractivity contribution < 1.29 is 5.11 Å². The first-order valence-electron chi connectivity index (χ1n) is 9.92. The van der Waals surface area contributed by atoms with Gasteiger partial charge in [-0.3, -0.25) is 0 Å². The number of rotatable bonds is 6. The molecule has 4 heteroatoms. The highest BCUT2D eigenvalue weighted by molar-refractivity contribution is 6.31. The number of hydrogen-bond acceptors (Lipinski definition) is 2. The molecule has 1 heterocycles. The smallest absolute Gasteiger partial charge is 0.0842 e. The number of hydrogen-bond donors (Lipinski definition) is 2. The summed E-state index contributed by atoms with van der Waals surface area (Å²) in [5.74, 6) is 0. The summed E-state index contributed by atoms with van der Waals surface area (Å²) in [4.78, 5) is 0. The lowest BCUT2D eigenvalue weighted by molar-refractivity contribution is 0.199. The molecule has 3 N–H and O–H groups in total. The monoisotopic (exact) mass is 404 g/mol. The molecule has 3 nitrogen and oxygen atoms in total. The van der Waals surface area contributed by atoms with Crippen LogP contribution >= 0.6 is 11.6 Å². The van der Waals surface area contributed by atoms with Crippen LogP contribution in [0.5, 0.6) is 0 Å². The summed E-state index contributed by atoms with van der Waals surface area (Å²) in [5.41, 5.74) is 11.4. The molecule has 0 fully saturated rings. The summed E-state index contributed by atoms with van der Waals surface area (Å²) in [7, 11) is 0. The minimum absolute atomic E-state index is 0.0323. The summed E-state index contributed by atoms with van der Waals surface area (Å²) in [6.45, 7) is 2.31. The zero-order chi connectivity index (χ0) is 20.4. The Morgan fingerprint density at radius 3 is 2.03 bits per heavy atom. The van der Waals surface area contributed by atoms with Crippen LogP contribution in [0.15, 0.2) is 78.9 Å². The van der Waals surface area contributed by atoms with Crippen molar-refractivity contribution in [1.29, 1.82) is 0 Å². The standard InChI is InChI=1S/C25H25ClN2O/c1-17(29)24-21-16-20(26)12-13-22(21)28(23(24)14-15-27)25(18-8-4-2-5-9-18)19-10-6-3-7-11-19/h2-13,16-17,25,29H,14-15,27H2,1H3. The first-order valence-corrected chi connectivity index (χ1v) is 10.3. The number of nitrogens with two attached hydrogens (primary N) is 1.